The van der Waals surface area contributed by atoms with Crippen LogP contribution in [-0.2, 0) is 0 Å². The normalized spacial score (nSPS) is 11.5. The molecule has 0 unspecified atom stereocenters. The molecular weight excluding hydrogens is 404 g/mol. The molecule has 32 heavy (non-hydrogen) atoms. The summed E-state index contributed by atoms with van der Waals surface area (Å²) in [5.41, 5.74) is 3.54. The molecule has 0 aliphatic rings. The van der Waals surface area contributed by atoms with E-state index in [0.29, 0.717) is 22.8 Å². The summed E-state index contributed by atoms with van der Waals surface area (Å²) in [4.78, 5) is 6.97. The monoisotopic (exact) mass is 430 g/mol. The quantitative estimate of drug-likeness (QED) is 0.409. The predicted molar refractivity (Wildman–Crippen MR) is 127 cm³/mol. The van der Waals surface area contributed by atoms with Crippen molar-refractivity contribution in [2.24, 2.45) is 4.99 Å². The van der Waals surface area contributed by atoms with E-state index < -0.39 is 0 Å². The Balaban J connectivity index is 1.92. The van der Waals surface area contributed by atoms with Crippen LogP contribution in [0.4, 0.5) is 11.4 Å². The molecule has 0 aliphatic carbocycles. The van der Waals surface area contributed by atoms with Gasteiger partial charge in [-0.15, -0.1) is 0 Å². The van der Waals surface area contributed by atoms with E-state index in [1.165, 1.54) is 0 Å². The third-order valence-electron chi connectivity index (χ3n) is 5.23. The molecule has 164 valence electrons. The fraction of sp³-hybridized carbons (Fsp3) is 0.192. The zero-order chi connectivity index (χ0) is 22.7. The van der Waals surface area contributed by atoms with E-state index in [1.807, 2.05) is 80.8 Å². The molecule has 0 N–H and O–H groups in total. The van der Waals surface area contributed by atoms with Gasteiger partial charge in [0.2, 0.25) is 0 Å². The van der Waals surface area contributed by atoms with Crippen molar-refractivity contribution in [3.63, 3.8) is 0 Å². The maximum absolute atomic E-state index is 6.23. The molecule has 4 rings (SSSR count). The summed E-state index contributed by atoms with van der Waals surface area (Å²) in [5.74, 6) is 2.71. The van der Waals surface area contributed by atoms with Crippen molar-refractivity contribution < 1.29 is 18.6 Å². The van der Waals surface area contributed by atoms with Gasteiger partial charge in [0.05, 0.1) is 32.4 Å². The van der Waals surface area contributed by atoms with Crippen molar-refractivity contribution in [3.05, 3.63) is 72.1 Å². The zero-order valence-electron chi connectivity index (χ0n) is 18.9. The first-order valence-electron chi connectivity index (χ1n) is 10.2. The average molecular weight is 431 g/mol. The second kappa shape index (κ2) is 9.06. The molecule has 1 heterocycles. The second-order valence-corrected chi connectivity index (χ2v) is 7.45. The highest BCUT2D eigenvalue weighted by atomic mass is 16.5. The Hall–Kier alpha value is -3.93. The van der Waals surface area contributed by atoms with E-state index in [9.17, 15) is 0 Å². The predicted octanol–water partition coefficient (Wildman–Crippen LogP) is 5.42. The molecular formula is C26H26N2O4. The van der Waals surface area contributed by atoms with Crippen LogP contribution in [0.25, 0.3) is 22.3 Å². The molecule has 0 fully saturated rings. The third-order valence-corrected chi connectivity index (χ3v) is 5.23. The van der Waals surface area contributed by atoms with Crippen LogP contribution in [0.2, 0.25) is 0 Å². The molecule has 6 heteroatoms. The lowest BCUT2D eigenvalue weighted by atomic mass is 10.1. The smallest absolute Gasteiger partial charge is 0.161 e. The number of methoxy groups -OCH3 is 3. The highest BCUT2D eigenvalue weighted by Crippen LogP contribution is 2.33. The summed E-state index contributed by atoms with van der Waals surface area (Å²) >= 11 is 0. The van der Waals surface area contributed by atoms with Crippen LogP contribution < -0.4 is 24.5 Å². The van der Waals surface area contributed by atoms with E-state index in [0.717, 1.165) is 33.4 Å². The summed E-state index contributed by atoms with van der Waals surface area (Å²) in [6, 6.07) is 21.4. The van der Waals surface area contributed by atoms with Gasteiger partial charge >= 0.3 is 0 Å². The number of rotatable bonds is 6. The van der Waals surface area contributed by atoms with Gasteiger partial charge in [-0.05, 0) is 60.7 Å². The number of benzene rings is 3. The lowest BCUT2D eigenvalue weighted by molar-refractivity contribution is 0.355. The molecule has 4 aromatic rings. The van der Waals surface area contributed by atoms with Crippen LogP contribution in [0.3, 0.4) is 0 Å². The Bertz CT molecular complexity index is 1310. The Morgan fingerprint density at radius 1 is 0.750 bits per heavy atom. The van der Waals surface area contributed by atoms with Crippen LogP contribution in [0.1, 0.15) is 0 Å². The Morgan fingerprint density at radius 2 is 1.50 bits per heavy atom. The van der Waals surface area contributed by atoms with Gasteiger partial charge in [0, 0.05) is 36.8 Å². The number of hydrogen-bond acceptors (Lipinski definition) is 6. The lowest BCUT2D eigenvalue weighted by Gasteiger charge is -2.12. The zero-order valence-corrected chi connectivity index (χ0v) is 18.9. The van der Waals surface area contributed by atoms with E-state index in [2.05, 4.69) is 4.90 Å². The molecule has 0 radical (unpaired) electrons. The highest BCUT2D eigenvalue weighted by Gasteiger charge is 2.11. The molecule has 0 saturated carbocycles. The second-order valence-electron chi connectivity index (χ2n) is 7.45. The summed E-state index contributed by atoms with van der Waals surface area (Å²) in [6.45, 7) is 0. The van der Waals surface area contributed by atoms with Gasteiger partial charge in [0.15, 0.2) is 11.5 Å². The highest BCUT2D eigenvalue weighted by molar-refractivity contribution is 5.80. The van der Waals surface area contributed by atoms with Crippen molar-refractivity contribution in [3.8, 4) is 28.6 Å². The van der Waals surface area contributed by atoms with E-state index >= 15 is 0 Å². The number of ether oxygens (including phenoxy) is 3. The number of anilines is 1. The van der Waals surface area contributed by atoms with Crippen LogP contribution in [0.15, 0.2) is 76.1 Å². The maximum Gasteiger partial charge on any atom is 0.161 e. The van der Waals surface area contributed by atoms with Gasteiger partial charge in [-0.25, -0.2) is 4.99 Å². The average Bonchev–Trinajstić information content (AvgIpc) is 2.83. The molecule has 3 aromatic carbocycles. The van der Waals surface area contributed by atoms with Gasteiger partial charge in [0.25, 0.3) is 0 Å². The molecule has 6 nitrogen and oxygen atoms in total. The van der Waals surface area contributed by atoms with Crippen molar-refractivity contribution in [1.82, 2.24) is 0 Å². The van der Waals surface area contributed by atoms with Gasteiger partial charge in [-0.2, -0.15) is 0 Å². The number of hydrogen-bond donors (Lipinski definition) is 0. The minimum Gasteiger partial charge on any atom is -0.497 e. The lowest BCUT2D eigenvalue weighted by Crippen LogP contribution is -2.08. The summed E-state index contributed by atoms with van der Waals surface area (Å²) in [7, 11) is 8.90. The van der Waals surface area contributed by atoms with Crippen molar-refractivity contribution in [1.29, 1.82) is 0 Å². The van der Waals surface area contributed by atoms with E-state index in [-0.39, 0.29) is 0 Å². The molecule has 1 aromatic heterocycles. The topological polar surface area (TPSA) is 56.4 Å². The molecule has 0 aliphatic heterocycles. The maximum atomic E-state index is 6.23. The van der Waals surface area contributed by atoms with E-state index in [4.69, 9.17) is 23.6 Å². The summed E-state index contributed by atoms with van der Waals surface area (Å²) in [6.07, 6.45) is 0. The molecule has 0 saturated heterocycles. The summed E-state index contributed by atoms with van der Waals surface area (Å²) < 4.78 is 22.5. The third kappa shape index (κ3) is 4.25. The van der Waals surface area contributed by atoms with Crippen molar-refractivity contribution in [2.45, 2.75) is 0 Å². The minimum atomic E-state index is 0.632. The Morgan fingerprint density at radius 3 is 2.16 bits per heavy atom. The van der Waals surface area contributed by atoms with Crippen LogP contribution in [-0.4, -0.2) is 35.4 Å². The van der Waals surface area contributed by atoms with Gasteiger partial charge in [0.1, 0.15) is 17.1 Å². The molecule has 0 atom stereocenters. The van der Waals surface area contributed by atoms with Gasteiger partial charge in [-0.1, -0.05) is 0 Å². The molecule has 0 spiro atoms. The SMILES string of the molecule is COc1ccc2oc(-c3ccc(OC)c(OC)c3)cc(=Nc3ccc(N(C)C)cc3)c2c1. The fourth-order valence-electron chi connectivity index (χ4n) is 3.46. The van der Waals surface area contributed by atoms with Crippen molar-refractivity contribution in [2.75, 3.05) is 40.3 Å². The number of nitrogens with zero attached hydrogens (tertiary/aromatic N) is 2. The standard InChI is InChI=1S/C26H26N2O4/c1-28(2)19-9-7-18(8-10-19)27-22-16-25(17-6-12-24(30-4)26(14-17)31-5)32-23-13-11-20(29-3)15-21(22)23/h6-16H,1-5H3. The summed E-state index contributed by atoms with van der Waals surface area (Å²) in [5, 5.41) is 1.65. The van der Waals surface area contributed by atoms with Gasteiger partial charge < -0.3 is 23.5 Å². The van der Waals surface area contributed by atoms with Crippen LogP contribution in [0.5, 0.6) is 17.2 Å². The first-order valence-corrected chi connectivity index (χ1v) is 10.2. The minimum absolute atomic E-state index is 0.632. The number of fused-ring (bicyclic) bond motifs is 1. The Labute approximate surface area is 187 Å². The largest absolute Gasteiger partial charge is 0.497 e. The first-order chi connectivity index (χ1) is 15.5. The van der Waals surface area contributed by atoms with Crippen molar-refractivity contribution >= 4 is 22.3 Å². The van der Waals surface area contributed by atoms with Gasteiger partial charge in [-0.3, -0.25) is 0 Å². The molecule has 0 amide bonds. The van der Waals surface area contributed by atoms with Crippen LogP contribution in [0, 0.1) is 0 Å². The first kappa shape index (κ1) is 21.3. The Kier molecular flexibility index (Phi) is 6.03. The molecule has 0 bridgehead atoms. The fourth-order valence-corrected chi connectivity index (χ4v) is 3.46. The van der Waals surface area contributed by atoms with Crippen LogP contribution >= 0.6 is 0 Å². The van der Waals surface area contributed by atoms with E-state index in [1.54, 1.807) is 21.3 Å².